The van der Waals surface area contributed by atoms with Gasteiger partial charge in [-0.25, -0.2) is 4.79 Å². The molecule has 7 heteroatoms. The molecule has 2 atom stereocenters. The molecule has 34 heavy (non-hydrogen) atoms. The number of nitrogens with one attached hydrogen (secondary N) is 3. The second-order valence-corrected chi connectivity index (χ2v) is 8.64. The van der Waals surface area contributed by atoms with E-state index in [0.717, 1.165) is 41.8 Å². The zero-order valence-electron chi connectivity index (χ0n) is 19.2. The van der Waals surface area contributed by atoms with Crippen molar-refractivity contribution in [3.05, 3.63) is 84.4 Å². The molecule has 0 bridgehead atoms. The van der Waals surface area contributed by atoms with Gasteiger partial charge in [-0.15, -0.1) is 0 Å². The van der Waals surface area contributed by atoms with E-state index in [-0.39, 0.29) is 18.0 Å². The summed E-state index contributed by atoms with van der Waals surface area (Å²) in [5.74, 6) is 0.219. The van der Waals surface area contributed by atoms with Gasteiger partial charge in [0.15, 0.2) is 0 Å². The molecular formula is C27H29N5O2. The van der Waals surface area contributed by atoms with Gasteiger partial charge in [0, 0.05) is 43.6 Å². The van der Waals surface area contributed by atoms with E-state index in [1.807, 2.05) is 66.7 Å². The number of H-pyrrole nitrogens is 1. The normalized spacial score (nSPS) is 18.3. The quantitative estimate of drug-likeness (QED) is 0.384. The van der Waals surface area contributed by atoms with Crippen LogP contribution < -0.4 is 10.6 Å². The van der Waals surface area contributed by atoms with Gasteiger partial charge in [0.05, 0.1) is 29.5 Å². The number of para-hydroxylation sites is 1. The highest BCUT2D eigenvalue weighted by Crippen LogP contribution is 2.31. The highest BCUT2D eigenvalue weighted by atomic mass is 16.5. The van der Waals surface area contributed by atoms with Crippen molar-refractivity contribution in [1.82, 2.24) is 20.4 Å². The lowest BCUT2D eigenvalue weighted by Crippen LogP contribution is -2.42. The molecule has 0 spiro atoms. The van der Waals surface area contributed by atoms with Gasteiger partial charge in [-0.1, -0.05) is 72.8 Å². The molecule has 4 aromatic rings. The first-order valence-electron chi connectivity index (χ1n) is 11.6. The van der Waals surface area contributed by atoms with E-state index in [4.69, 9.17) is 4.74 Å². The first-order valence-corrected chi connectivity index (χ1v) is 11.6. The largest absolute Gasteiger partial charge is 0.383 e. The molecule has 2 heterocycles. The molecule has 0 radical (unpaired) electrons. The third-order valence-corrected chi connectivity index (χ3v) is 6.45. The van der Waals surface area contributed by atoms with Crippen molar-refractivity contribution in [3.63, 3.8) is 0 Å². The van der Waals surface area contributed by atoms with Crippen LogP contribution in [0.2, 0.25) is 0 Å². The minimum absolute atomic E-state index is 0.0000979. The highest BCUT2D eigenvalue weighted by Gasteiger charge is 2.34. The zero-order chi connectivity index (χ0) is 23.3. The van der Waals surface area contributed by atoms with E-state index in [0.29, 0.717) is 12.3 Å². The molecule has 0 saturated carbocycles. The number of rotatable bonds is 7. The summed E-state index contributed by atoms with van der Waals surface area (Å²) in [7, 11) is 1.72. The Bertz CT molecular complexity index is 1240. The number of urea groups is 1. The number of ether oxygens (including phenoxy) is 1. The summed E-state index contributed by atoms with van der Waals surface area (Å²) in [6, 6.07) is 26.0. The van der Waals surface area contributed by atoms with Crippen LogP contribution in [0.1, 0.15) is 11.5 Å². The average molecular weight is 456 g/mol. The molecule has 0 unspecified atom stereocenters. The van der Waals surface area contributed by atoms with Crippen molar-refractivity contribution in [3.8, 4) is 11.3 Å². The molecule has 1 aliphatic heterocycles. The van der Waals surface area contributed by atoms with Crippen molar-refractivity contribution in [1.29, 1.82) is 0 Å². The Balaban J connectivity index is 1.33. The van der Waals surface area contributed by atoms with Gasteiger partial charge in [0.25, 0.3) is 0 Å². The monoisotopic (exact) mass is 455 g/mol. The third-order valence-electron chi connectivity index (χ3n) is 6.45. The molecule has 174 valence electrons. The summed E-state index contributed by atoms with van der Waals surface area (Å²) in [5, 5.41) is 14.8. The van der Waals surface area contributed by atoms with Crippen LogP contribution in [0.4, 0.5) is 10.5 Å². The van der Waals surface area contributed by atoms with Crippen molar-refractivity contribution in [2.45, 2.75) is 12.0 Å². The lowest BCUT2D eigenvalue weighted by atomic mass is 9.94. The lowest BCUT2D eigenvalue weighted by Gasteiger charge is -2.20. The molecule has 1 aliphatic rings. The first-order chi connectivity index (χ1) is 16.7. The smallest absolute Gasteiger partial charge is 0.319 e. The summed E-state index contributed by atoms with van der Waals surface area (Å²) in [5.41, 5.74) is 4.65. The second kappa shape index (κ2) is 10.1. The number of likely N-dealkylation sites (tertiary alicyclic amines) is 1. The first kappa shape index (κ1) is 22.1. The van der Waals surface area contributed by atoms with Gasteiger partial charge in [-0.2, -0.15) is 5.10 Å². The number of hydrogen-bond acceptors (Lipinski definition) is 4. The lowest BCUT2D eigenvalue weighted by molar-refractivity contribution is 0.159. The van der Waals surface area contributed by atoms with Crippen LogP contribution in [0.25, 0.3) is 22.2 Å². The summed E-state index contributed by atoms with van der Waals surface area (Å²) in [6.07, 6.45) is 0. The van der Waals surface area contributed by atoms with Crippen LogP contribution >= 0.6 is 0 Å². The molecule has 1 aromatic heterocycles. The summed E-state index contributed by atoms with van der Waals surface area (Å²) in [4.78, 5) is 15.4. The van der Waals surface area contributed by atoms with Crippen LogP contribution in [-0.4, -0.2) is 60.5 Å². The molecule has 1 fully saturated rings. The molecule has 3 aromatic carbocycles. The molecule has 0 aliphatic carbocycles. The molecule has 5 rings (SSSR count). The summed E-state index contributed by atoms with van der Waals surface area (Å²) < 4.78 is 5.26. The van der Waals surface area contributed by atoms with Gasteiger partial charge in [-0.05, 0) is 11.6 Å². The van der Waals surface area contributed by atoms with Gasteiger partial charge in [0.1, 0.15) is 0 Å². The van der Waals surface area contributed by atoms with Gasteiger partial charge in [0.2, 0.25) is 0 Å². The van der Waals surface area contributed by atoms with Crippen molar-refractivity contribution < 1.29 is 9.53 Å². The Morgan fingerprint density at radius 1 is 1.03 bits per heavy atom. The number of fused-ring (bicyclic) bond motifs is 1. The number of anilines is 1. The van der Waals surface area contributed by atoms with Gasteiger partial charge in [-0.3, -0.25) is 10.00 Å². The Morgan fingerprint density at radius 3 is 2.56 bits per heavy atom. The third kappa shape index (κ3) is 4.66. The van der Waals surface area contributed by atoms with E-state index >= 15 is 0 Å². The summed E-state index contributed by atoms with van der Waals surface area (Å²) >= 11 is 0. The predicted octanol–water partition coefficient (Wildman–Crippen LogP) is 4.47. The van der Waals surface area contributed by atoms with Gasteiger partial charge < -0.3 is 15.4 Å². The van der Waals surface area contributed by atoms with Crippen LogP contribution in [0.3, 0.4) is 0 Å². The topological polar surface area (TPSA) is 82.3 Å². The van der Waals surface area contributed by atoms with E-state index in [1.54, 1.807) is 7.11 Å². The number of amides is 2. The maximum Gasteiger partial charge on any atom is 0.319 e. The number of aromatic nitrogens is 2. The van der Waals surface area contributed by atoms with Crippen LogP contribution in [0, 0.1) is 0 Å². The van der Waals surface area contributed by atoms with Gasteiger partial charge >= 0.3 is 6.03 Å². The van der Waals surface area contributed by atoms with Crippen molar-refractivity contribution >= 4 is 22.6 Å². The van der Waals surface area contributed by atoms with Crippen LogP contribution in [-0.2, 0) is 4.74 Å². The minimum atomic E-state index is -0.220. The predicted molar refractivity (Wildman–Crippen MR) is 135 cm³/mol. The maximum atomic E-state index is 13.1. The van der Waals surface area contributed by atoms with Crippen LogP contribution in [0.5, 0.6) is 0 Å². The Labute approximate surface area is 199 Å². The average Bonchev–Trinajstić information content (AvgIpc) is 3.49. The van der Waals surface area contributed by atoms with Crippen molar-refractivity contribution in [2.24, 2.45) is 0 Å². The van der Waals surface area contributed by atoms with E-state index in [9.17, 15) is 4.79 Å². The Hall–Kier alpha value is -3.68. The number of nitrogens with zero attached hydrogens (tertiary/aromatic N) is 2. The molecule has 7 nitrogen and oxygen atoms in total. The second-order valence-electron chi connectivity index (χ2n) is 8.64. The zero-order valence-corrected chi connectivity index (χ0v) is 19.2. The summed E-state index contributed by atoms with van der Waals surface area (Å²) in [6.45, 7) is 3.18. The van der Waals surface area contributed by atoms with Crippen molar-refractivity contribution in [2.75, 3.05) is 38.7 Å². The molecule has 3 N–H and O–H groups in total. The number of benzene rings is 3. The Kier molecular flexibility index (Phi) is 6.56. The van der Waals surface area contributed by atoms with Crippen LogP contribution in [0.15, 0.2) is 78.9 Å². The number of carbonyl (C=O) groups is 1. The fraction of sp³-hybridized carbons (Fsp3) is 0.259. The SMILES string of the molecule is COCCN1C[C@@H](NC(=O)Nc2cccc3c(-c4ccccc4)n[nH]c23)[C@H](c2ccccc2)C1. The highest BCUT2D eigenvalue weighted by molar-refractivity contribution is 6.04. The maximum absolute atomic E-state index is 13.1. The fourth-order valence-electron chi connectivity index (χ4n) is 4.76. The Morgan fingerprint density at radius 2 is 1.79 bits per heavy atom. The van der Waals surface area contributed by atoms with E-state index < -0.39 is 0 Å². The minimum Gasteiger partial charge on any atom is -0.383 e. The number of aromatic amines is 1. The molecular weight excluding hydrogens is 426 g/mol. The van der Waals surface area contributed by atoms with E-state index in [1.165, 1.54) is 5.56 Å². The standard InChI is InChI=1S/C27H29N5O2/c1-34-16-15-32-17-22(19-9-4-2-5-10-19)24(18-32)29-27(33)28-23-14-8-13-21-25(30-31-26(21)23)20-11-6-3-7-12-20/h2-14,22,24H,15-18H2,1H3,(H,30,31)(H2,28,29,33)/t22-,24+/m0/s1. The number of methoxy groups -OCH3 is 1. The fourth-order valence-corrected chi connectivity index (χ4v) is 4.76. The number of hydrogen-bond donors (Lipinski definition) is 3. The number of carbonyl (C=O) groups excluding carboxylic acids is 1. The van der Waals surface area contributed by atoms with E-state index in [2.05, 4.69) is 37.9 Å². The molecule has 1 saturated heterocycles. The molecule has 2 amide bonds.